The van der Waals surface area contributed by atoms with Crippen LogP contribution >= 0.6 is 15.9 Å². The molecule has 0 spiro atoms. The van der Waals surface area contributed by atoms with Gasteiger partial charge in [-0.25, -0.2) is 17.9 Å². The van der Waals surface area contributed by atoms with Gasteiger partial charge in [-0.3, -0.25) is 4.79 Å². The lowest BCUT2D eigenvalue weighted by Crippen LogP contribution is -2.12. The van der Waals surface area contributed by atoms with Crippen LogP contribution in [0.25, 0.3) is 0 Å². The smallest absolute Gasteiger partial charge is 0.264 e. The number of nitrogens with zero attached hydrogens (tertiary/aromatic N) is 1. The van der Waals surface area contributed by atoms with Gasteiger partial charge in [-0.2, -0.15) is 5.10 Å². The second-order valence-electron chi connectivity index (χ2n) is 3.34. The Hall–Kier alpha value is -1.54. The van der Waals surface area contributed by atoms with Gasteiger partial charge >= 0.3 is 0 Å². The van der Waals surface area contributed by atoms with E-state index in [2.05, 4.69) is 21.0 Å². The summed E-state index contributed by atoms with van der Waals surface area (Å²) in [7, 11) is -3.90. The Bertz CT molecular complexity index is 737. The van der Waals surface area contributed by atoms with Crippen LogP contribution in [0.4, 0.5) is 4.39 Å². The van der Waals surface area contributed by atoms with E-state index in [1.54, 1.807) is 0 Å². The summed E-state index contributed by atoms with van der Waals surface area (Å²) in [5.74, 6) is -0.560. The third kappa shape index (κ3) is 2.34. The van der Waals surface area contributed by atoms with Gasteiger partial charge in [-0.15, -0.1) is 0 Å². The van der Waals surface area contributed by atoms with E-state index < -0.39 is 21.2 Å². The minimum Gasteiger partial charge on any atom is -0.268 e. The molecule has 1 heterocycles. The number of H-pyrrole nitrogens is 1. The predicted octanol–water partition coefficient (Wildman–Crippen LogP) is 1.50. The van der Waals surface area contributed by atoms with Gasteiger partial charge in [0.25, 0.3) is 5.56 Å². The van der Waals surface area contributed by atoms with E-state index >= 15 is 0 Å². The molecule has 94 valence electrons. The minimum absolute atomic E-state index is 0.0931. The van der Waals surface area contributed by atoms with Crippen LogP contribution in [0, 0.1) is 5.82 Å². The van der Waals surface area contributed by atoms with Crippen LogP contribution in [-0.4, -0.2) is 18.6 Å². The Morgan fingerprint density at radius 2 is 1.94 bits per heavy atom. The predicted molar refractivity (Wildman–Crippen MR) is 64.4 cm³/mol. The summed E-state index contributed by atoms with van der Waals surface area (Å²) in [6.45, 7) is 0. The lowest BCUT2D eigenvalue weighted by atomic mass is 10.3. The van der Waals surface area contributed by atoms with Crippen LogP contribution in [0.15, 0.2) is 49.5 Å². The molecule has 1 N–H and O–H groups in total. The van der Waals surface area contributed by atoms with E-state index in [4.69, 9.17) is 0 Å². The number of sulfone groups is 1. The van der Waals surface area contributed by atoms with Crippen LogP contribution in [0.1, 0.15) is 0 Å². The molecule has 0 fully saturated rings. The standard InChI is InChI=1S/C10H6BrFN2O3S/c11-7-5-6(12)1-2-8(7)18(16,17)10-4-3-9(15)13-14-10/h1-5H,(H,13,15). The Balaban J connectivity index is 2.61. The Morgan fingerprint density at radius 3 is 2.50 bits per heavy atom. The largest absolute Gasteiger partial charge is 0.268 e. The highest BCUT2D eigenvalue weighted by Gasteiger charge is 2.22. The summed E-state index contributed by atoms with van der Waals surface area (Å²) >= 11 is 2.98. The van der Waals surface area contributed by atoms with E-state index in [-0.39, 0.29) is 14.4 Å². The summed E-state index contributed by atoms with van der Waals surface area (Å²) in [6.07, 6.45) is 0. The first-order chi connectivity index (χ1) is 8.41. The number of aromatic nitrogens is 2. The molecule has 2 aromatic rings. The van der Waals surface area contributed by atoms with E-state index in [0.29, 0.717) is 0 Å². The van der Waals surface area contributed by atoms with Crippen molar-refractivity contribution in [1.29, 1.82) is 0 Å². The van der Waals surface area contributed by atoms with Gasteiger partial charge in [-0.1, -0.05) is 0 Å². The van der Waals surface area contributed by atoms with Crippen molar-refractivity contribution in [3.8, 4) is 0 Å². The van der Waals surface area contributed by atoms with Gasteiger partial charge in [-0.05, 0) is 40.2 Å². The molecule has 8 heteroatoms. The fraction of sp³-hybridized carbons (Fsp3) is 0. The molecule has 0 radical (unpaired) electrons. The highest BCUT2D eigenvalue weighted by atomic mass is 79.9. The van der Waals surface area contributed by atoms with E-state index in [9.17, 15) is 17.6 Å². The molecule has 0 amide bonds. The lowest BCUT2D eigenvalue weighted by molar-refractivity contribution is 0.588. The van der Waals surface area contributed by atoms with Crippen molar-refractivity contribution in [1.82, 2.24) is 10.2 Å². The maximum absolute atomic E-state index is 12.9. The van der Waals surface area contributed by atoms with Crippen LogP contribution < -0.4 is 5.56 Å². The molecule has 0 saturated carbocycles. The molecule has 0 aliphatic rings. The molecule has 1 aromatic carbocycles. The molecule has 0 aliphatic carbocycles. The molecule has 0 bridgehead atoms. The maximum Gasteiger partial charge on any atom is 0.264 e. The summed E-state index contributed by atoms with van der Waals surface area (Å²) < 4.78 is 37.3. The van der Waals surface area contributed by atoms with Gasteiger partial charge in [0.05, 0.1) is 4.90 Å². The maximum atomic E-state index is 12.9. The summed E-state index contributed by atoms with van der Waals surface area (Å²) in [5, 5.41) is 5.17. The van der Waals surface area contributed by atoms with Crippen molar-refractivity contribution in [2.24, 2.45) is 0 Å². The van der Waals surface area contributed by atoms with Crippen LogP contribution in [0.3, 0.4) is 0 Å². The highest BCUT2D eigenvalue weighted by Crippen LogP contribution is 2.26. The normalized spacial score (nSPS) is 11.4. The van der Waals surface area contributed by atoms with Gasteiger partial charge < -0.3 is 0 Å². The first-order valence-corrected chi connectivity index (χ1v) is 6.95. The fourth-order valence-corrected chi connectivity index (χ4v) is 3.48. The van der Waals surface area contributed by atoms with Crippen molar-refractivity contribution >= 4 is 25.8 Å². The summed E-state index contributed by atoms with van der Waals surface area (Å²) in [4.78, 5) is 10.7. The number of nitrogens with one attached hydrogen (secondary N) is 1. The number of hydrogen-bond donors (Lipinski definition) is 1. The minimum atomic E-state index is -3.90. The van der Waals surface area contributed by atoms with Crippen molar-refractivity contribution in [2.45, 2.75) is 9.92 Å². The van der Waals surface area contributed by atoms with E-state index in [1.165, 1.54) is 0 Å². The average Bonchev–Trinajstić information content (AvgIpc) is 2.29. The molecule has 0 unspecified atom stereocenters. The quantitative estimate of drug-likeness (QED) is 0.845. The lowest BCUT2D eigenvalue weighted by Gasteiger charge is -2.05. The zero-order valence-corrected chi connectivity index (χ0v) is 11.1. The third-order valence-corrected chi connectivity index (χ3v) is 4.74. The second kappa shape index (κ2) is 4.62. The fourth-order valence-electron chi connectivity index (χ4n) is 1.29. The zero-order valence-electron chi connectivity index (χ0n) is 8.72. The van der Waals surface area contributed by atoms with Gasteiger partial charge in [0.1, 0.15) is 5.82 Å². The molecule has 0 saturated heterocycles. The van der Waals surface area contributed by atoms with Gasteiger partial charge in [0.15, 0.2) is 5.03 Å². The van der Waals surface area contributed by atoms with Crippen molar-refractivity contribution in [3.05, 3.63) is 51.0 Å². The number of halogens is 2. The molecular formula is C10H6BrFN2O3S. The van der Waals surface area contributed by atoms with E-state index in [0.717, 1.165) is 30.3 Å². The number of aromatic amines is 1. The molecule has 0 aliphatic heterocycles. The number of rotatable bonds is 2. The zero-order chi connectivity index (χ0) is 13.3. The van der Waals surface area contributed by atoms with Crippen molar-refractivity contribution < 1.29 is 12.8 Å². The first kappa shape index (κ1) is 12.9. The Labute approximate surface area is 110 Å². The Morgan fingerprint density at radius 1 is 1.22 bits per heavy atom. The molecule has 5 nitrogen and oxygen atoms in total. The molecular weight excluding hydrogens is 327 g/mol. The number of benzene rings is 1. The van der Waals surface area contributed by atoms with Crippen molar-refractivity contribution in [2.75, 3.05) is 0 Å². The highest BCUT2D eigenvalue weighted by molar-refractivity contribution is 9.10. The van der Waals surface area contributed by atoms with E-state index in [1.807, 2.05) is 5.10 Å². The average molecular weight is 333 g/mol. The van der Waals surface area contributed by atoms with Crippen LogP contribution in [-0.2, 0) is 9.84 Å². The Kier molecular flexibility index (Phi) is 3.31. The van der Waals surface area contributed by atoms with Gasteiger partial charge in [0.2, 0.25) is 9.84 Å². The SMILES string of the molecule is O=c1ccc(S(=O)(=O)c2ccc(F)cc2Br)n[nH]1. The van der Waals surface area contributed by atoms with Gasteiger partial charge in [0, 0.05) is 10.5 Å². The van der Waals surface area contributed by atoms with Crippen LogP contribution in [0.5, 0.6) is 0 Å². The van der Waals surface area contributed by atoms with Crippen LogP contribution in [0.2, 0.25) is 0 Å². The summed E-state index contributed by atoms with van der Waals surface area (Å²) in [5.41, 5.74) is -0.507. The monoisotopic (exact) mass is 332 g/mol. The van der Waals surface area contributed by atoms with Crippen molar-refractivity contribution in [3.63, 3.8) is 0 Å². The topological polar surface area (TPSA) is 79.9 Å². The molecule has 0 atom stereocenters. The molecule has 1 aromatic heterocycles. The summed E-state index contributed by atoms with van der Waals surface area (Å²) in [6, 6.07) is 5.34. The number of hydrogen-bond acceptors (Lipinski definition) is 4. The third-order valence-electron chi connectivity index (χ3n) is 2.11. The molecule has 18 heavy (non-hydrogen) atoms. The molecule has 2 rings (SSSR count). The first-order valence-electron chi connectivity index (χ1n) is 4.67. The second-order valence-corrected chi connectivity index (χ2v) is 6.06.